The van der Waals surface area contributed by atoms with Crippen molar-refractivity contribution in [1.82, 2.24) is 9.97 Å². The first kappa shape index (κ1) is 25.5. The summed E-state index contributed by atoms with van der Waals surface area (Å²) in [5.74, 6) is 1.36. The quantitative estimate of drug-likeness (QED) is 0.135. The van der Waals surface area contributed by atoms with Gasteiger partial charge in [-0.05, 0) is 49.9 Å². The third-order valence-electron chi connectivity index (χ3n) is 4.76. The van der Waals surface area contributed by atoms with Crippen LogP contribution < -0.4 is 9.47 Å². The Hall–Kier alpha value is -2.73. The third kappa shape index (κ3) is 10.5. The highest BCUT2D eigenvalue weighted by molar-refractivity contribution is 5.84. The first-order chi connectivity index (χ1) is 15.7. The summed E-state index contributed by atoms with van der Waals surface area (Å²) in [6, 6.07) is 7.13. The highest BCUT2D eigenvalue weighted by Crippen LogP contribution is 2.20. The zero-order valence-electron chi connectivity index (χ0n) is 19.4. The molecule has 2 rings (SSSR count). The first-order valence-electron chi connectivity index (χ1n) is 11.7. The van der Waals surface area contributed by atoms with E-state index in [1.54, 1.807) is 24.5 Å². The van der Waals surface area contributed by atoms with Gasteiger partial charge in [-0.1, -0.05) is 45.6 Å². The average Bonchev–Trinajstić information content (AvgIpc) is 2.81. The molecule has 0 saturated heterocycles. The summed E-state index contributed by atoms with van der Waals surface area (Å²) >= 11 is 0. The van der Waals surface area contributed by atoms with E-state index in [0.717, 1.165) is 50.9 Å². The monoisotopic (exact) mass is 440 g/mol. The lowest BCUT2D eigenvalue weighted by Crippen LogP contribution is -2.03. The van der Waals surface area contributed by atoms with Gasteiger partial charge in [-0.15, -0.1) is 0 Å². The Kier molecular flexibility index (Phi) is 12.7. The van der Waals surface area contributed by atoms with Crippen LogP contribution in [-0.2, 0) is 9.53 Å². The van der Waals surface area contributed by atoms with Gasteiger partial charge in [-0.25, -0.2) is 14.8 Å². The predicted octanol–water partition coefficient (Wildman–Crippen LogP) is 6.16. The second kappa shape index (κ2) is 16.0. The normalized spacial score (nSPS) is 11.1. The summed E-state index contributed by atoms with van der Waals surface area (Å²) in [5.41, 5.74) is 0.842. The zero-order chi connectivity index (χ0) is 22.9. The molecule has 0 radical (unpaired) electrons. The van der Waals surface area contributed by atoms with Crippen molar-refractivity contribution in [2.45, 2.75) is 65.2 Å². The number of nitrogens with zero attached hydrogens (tertiary/aromatic N) is 2. The molecule has 0 fully saturated rings. The number of ether oxygens (including phenoxy) is 3. The second-order valence-corrected chi connectivity index (χ2v) is 7.61. The minimum absolute atomic E-state index is 0.373. The maximum Gasteiger partial charge on any atom is 0.335 e. The molecular weight excluding hydrogens is 404 g/mol. The summed E-state index contributed by atoms with van der Waals surface area (Å²) < 4.78 is 16.6. The Labute approximate surface area is 192 Å². The molecule has 0 saturated carbocycles. The lowest BCUT2D eigenvalue weighted by atomic mass is 10.2. The van der Waals surface area contributed by atoms with Crippen molar-refractivity contribution in [2.24, 2.45) is 0 Å². The number of rotatable bonds is 16. The number of unbranched alkanes of at least 4 members (excludes halogenated alkanes) is 5. The van der Waals surface area contributed by atoms with Gasteiger partial charge < -0.3 is 14.2 Å². The molecule has 32 heavy (non-hydrogen) atoms. The maximum absolute atomic E-state index is 11.7. The summed E-state index contributed by atoms with van der Waals surface area (Å²) in [6.07, 6.45) is 15.4. The average molecular weight is 441 g/mol. The molecule has 6 nitrogen and oxygen atoms in total. The van der Waals surface area contributed by atoms with Crippen LogP contribution in [0.15, 0.2) is 48.8 Å². The Balaban J connectivity index is 1.67. The molecule has 0 spiro atoms. The van der Waals surface area contributed by atoms with E-state index in [1.165, 1.54) is 25.3 Å². The van der Waals surface area contributed by atoms with E-state index in [-0.39, 0.29) is 5.97 Å². The van der Waals surface area contributed by atoms with E-state index in [2.05, 4.69) is 23.8 Å². The van der Waals surface area contributed by atoms with Crippen molar-refractivity contribution in [1.29, 1.82) is 0 Å². The van der Waals surface area contributed by atoms with Gasteiger partial charge in [-0.3, -0.25) is 0 Å². The number of esters is 1. The van der Waals surface area contributed by atoms with Crippen molar-refractivity contribution < 1.29 is 19.0 Å². The molecule has 2 aromatic rings. The fraction of sp³-hybridized carbons (Fsp3) is 0.500. The molecule has 0 aliphatic rings. The maximum atomic E-state index is 11.7. The molecule has 6 heteroatoms. The van der Waals surface area contributed by atoms with Gasteiger partial charge in [0.25, 0.3) is 0 Å². The Morgan fingerprint density at radius 3 is 2.22 bits per heavy atom. The Morgan fingerprint density at radius 2 is 1.53 bits per heavy atom. The largest absolute Gasteiger partial charge is 0.490 e. The minimum Gasteiger partial charge on any atom is -0.490 e. The molecule has 1 aromatic heterocycles. The number of hydrogen-bond acceptors (Lipinski definition) is 6. The molecule has 0 unspecified atom stereocenters. The SMILES string of the molecule is CCC/C=C/C(=O)Oc1ccc(-c2ncc(OCCCCOCCCCCC)cn2)cc1. The van der Waals surface area contributed by atoms with Crippen LogP contribution in [0, 0.1) is 0 Å². The lowest BCUT2D eigenvalue weighted by molar-refractivity contribution is -0.129. The molecule has 174 valence electrons. The number of carbonyl (C=O) groups excluding carboxylic acids is 1. The van der Waals surface area contributed by atoms with Gasteiger partial charge in [0.2, 0.25) is 0 Å². The van der Waals surface area contributed by atoms with Crippen molar-refractivity contribution in [3.8, 4) is 22.9 Å². The highest BCUT2D eigenvalue weighted by Gasteiger charge is 2.05. The number of carbonyl (C=O) groups is 1. The van der Waals surface area contributed by atoms with Crippen molar-refractivity contribution in [3.63, 3.8) is 0 Å². The highest BCUT2D eigenvalue weighted by atomic mass is 16.5. The molecule has 1 heterocycles. The van der Waals surface area contributed by atoms with Gasteiger partial charge in [0, 0.05) is 24.9 Å². The van der Waals surface area contributed by atoms with Crippen LogP contribution in [0.5, 0.6) is 11.5 Å². The van der Waals surface area contributed by atoms with Gasteiger partial charge in [0.15, 0.2) is 11.6 Å². The van der Waals surface area contributed by atoms with Crippen molar-refractivity contribution in [3.05, 3.63) is 48.8 Å². The van der Waals surface area contributed by atoms with E-state index in [0.29, 0.717) is 23.9 Å². The minimum atomic E-state index is -0.373. The van der Waals surface area contributed by atoms with E-state index in [9.17, 15) is 4.79 Å². The number of aromatic nitrogens is 2. The molecule has 0 atom stereocenters. The number of benzene rings is 1. The summed E-state index contributed by atoms with van der Waals surface area (Å²) in [4.78, 5) is 20.5. The number of allylic oxidation sites excluding steroid dienone is 1. The Bertz CT molecular complexity index is 788. The van der Waals surface area contributed by atoms with Gasteiger partial charge in [-0.2, -0.15) is 0 Å². The molecule has 0 amide bonds. The first-order valence-corrected chi connectivity index (χ1v) is 11.7. The van der Waals surface area contributed by atoms with E-state index >= 15 is 0 Å². The molecule has 0 N–H and O–H groups in total. The van der Waals surface area contributed by atoms with Crippen LogP contribution in [-0.4, -0.2) is 35.8 Å². The molecular formula is C26H36N2O4. The standard InChI is InChI=1S/C26H36N2O4/c1-3-5-7-9-17-30-18-10-11-19-31-24-20-27-26(28-21-24)22-13-15-23(16-14-22)32-25(29)12-8-6-4-2/h8,12-16,20-21H,3-7,9-11,17-19H2,1-2H3/b12-8+. The van der Waals surface area contributed by atoms with Crippen molar-refractivity contribution >= 4 is 5.97 Å². The number of hydrogen-bond donors (Lipinski definition) is 0. The van der Waals surface area contributed by atoms with Crippen LogP contribution in [0.25, 0.3) is 11.4 Å². The van der Waals surface area contributed by atoms with Gasteiger partial charge >= 0.3 is 5.97 Å². The lowest BCUT2D eigenvalue weighted by Gasteiger charge is -2.07. The smallest absolute Gasteiger partial charge is 0.335 e. The summed E-state index contributed by atoms with van der Waals surface area (Å²) in [7, 11) is 0. The fourth-order valence-electron chi connectivity index (χ4n) is 2.94. The van der Waals surface area contributed by atoms with E-state index in [4.69, 9.17) is 14.2 Å². The Morgan fingerprint density at radius 1 is 0.844 bits per heavy atom. The third-order valence-corrected chi connectivity index (χ3v) is 4.76. The van der Waals surface area contributed by atoms with E-state index in [1.807, 2.05) is 18.2 Å². The summed E-state index contributed by atoms with van der Waals surface area (Å²) in [5, 5.41) is 0. The van der Waals surface area contributed by atoms with Gasteiger partial charge in [0.05, 0.1) is 19.0 Å². The van der Waals surface area contributed by atoms with Crippen LogP contribution in [0.2, 0.25) is 0 Å². The predicted molar refractivity (Wildman–Crippen MR) is 127 cm³/mol. The fourth-order valence-corrected chi connectivity index (χ4v) is 2.94. The van der Waals surface area contributed by atoms with Crippen LogP contribution in [0.1, 0.15) is 65.2 Å². The van der Waals surface area contributed by atoms with Crippen molar-refractivity contribution in [2.75, 3.05) is 19.8 Å². The molecule has 0 aliphatic carbocycles. The van der Waals surface area contributed by atoms with E-state index < -0.39 is 0 Å². The molecule has 0 aliphatic heterocycles. The topological polar surface area (TPSA) is 70.5 Å². The van der Waals surface area contributed by atoms with Crippen LogP contribution in [0.4, 0.5) is 0 Å². The molecule has 1 aromatic carbocycles. The van der Waals surface area contributed by atoms with Crippen LogP contribution >= 0.6 is 0 Å². The second-order valence-electron chi connectivity index (χ2n) is 7.61. The summed E-state index contributed by atoms with van der Waals surface area (Å²) in [6.45, 7) is 6.53. The zero-order valence-corrected chi connectivity index (χ0v) is 19.4. The molecule has 0 bridgehead atoms. The van der Waals surface area contributed by atoms with Crippen LogP contribution in [0.3, 0.4) is 0 Å². The van der Waals surface area contributed by atoms with Gasteiger partial charge in [0.1, 0.15) is 5.75 Å².